The van der Waals surface area contributed by atoms with E-state index in [0.717, 1.165) is 11.1 Å². The predicted molar refractivity (Wildman–Crippen MR) is 75.6 cm³/mol. The van der Waals surface area contributed by atoms with E-state index < -0.39 is 0 Å². The summed E-state index contributed by atoms with van der Waals surface area (Å²) >= 11 is 11.9. The van der Waals surface area contributed by atoms with Crippen LogP contribution >= 0.6 is 23.2 Å². The fourth-order valence-electron chi connectivity index (χ4n) is 1.60. The van der Waals surface area contributed by atoms with Crippen molar-refractivity contribution in [1.29, 1.82) is 0 Å². The number of rotatable bonds is 3. The normalized spacial score (nSPS) is 10.4. The zero-order chi connectivity index (χ0) is 13.1. The van der Waals surface area contributed by atoms with Crippen molar-refractivity contribution in [3.05, 3.63) is 57.6 Å². The Kier molecular flexibility index (Phi) is 4.12. The van der Waals surface area contributed by atoms with Gasteiger partial charge in [0.05, 0.1) is 0 Å². The van der Waals surface area contributed by atoms with Gasteiger partial charge in [0.25, 0.3) is 0 Å². The molecule has 0 amide bonds. The molecule has 2 aromatic carbocycles. The first-order valence-electron chi connectivity index (χ1n) is 5.52. The lowest BCUT2D eigenvalue weighted by Crippen LogP contribution is -1.99. The molecule has 0 spiro atoms. The maximum atomic E-state index is 5.97. The van der Waals surface area contributed by atoms with Crippen LogP contribution in [0.1, 0.15) is 11.1 Å². The van der Waals surface area contributed by atoms with Gasteiger partial charge >= 0.3 is 0 Å². The fourth-order valence-corrected chi connectivity index (χ4v) is 1.88. The van der Waals surface area contributed by atoms with Crippen molar-refractivity contribution >= 4 is 23.2 Å². The van der Waals surface area contributed by atoms with Crippen molar-refractivity contribution in [2.75, 3.05) is 0 Å². The van der Waals surface area contributed by atoms with Crippen LogP contribution in [0.15, 0.2) is 36.4 Å². The molecule has 2 aromatic rings. The molecule has 2 nitrogen and oxygen atoms in total. The monoisotopic (exact) mass is 281 g/mol. The summed E-state index contributed by atoms with van der Waals surface area (Å²) < 4.78 is 5.79. The average molecular weight is 282 g/mol. The van der Waals surface area contributed by atoms with E-state index in [1.54, 1.807) is 18.2 Å². The molecule has 0 aliphatic rings. The Morgan fingerprint density at radius 3 is 2.56 bits per heavy atom. The Hall–Kier alpha value is -1.22. The van der Waals surface area contributed by atoms with Gasteiger partial charge in [0.2, 0.25) is 0 Å². The van der Waals surface area contributed by atoms with Crippen molar-refractivity contribution in [1.82, 2.24) is 0 Å². The van der Waals surface area contributed by atoms with E-state index in [4.69, 9.17) is 33.7 Å². The van der Waals surface area contributed by atoms with Crippen LogP contribution in [0.3, 0.4) is 0 Å². The molecule has 0 radical (unpaired) electrons. The molecular formula is C14H13Cl2NO. The number of hydrogen-bond donors (Lipinski definition) is 1. The van der Waals surface area contributed by atoms with Crippen LogP contribution in [0, 0.1) is 6.92 Å². The van der Waals surface area contributed by atoms with Gasteiger partial charge in [-0.3, -0.25) is 0 Å². The molecule has 2 rings (SSSR count). The van der Waals surface area contributed by atoms with Gasteiger partial charge in [-0.25, -0.2) is 0 Å². The van der Waals surface area contributed by atoms with E-state index in [2.05, 4.69) is 0 Å². The zero-order valence-corrected chi connectivity index (χ0v) is 11.4. The summed E-state index contributed by atoms with van der Waals surface area (Å²) in [6.45, 7) is 2.33. The van der Waals surface area contributed by atoms with Crippen LogP contribution in [0.4, 0.5) is 0 Å². The summed E-state index contributed by atoms with van der Waals surface area (Å²) in [6.07, 6.45) is 0. The van der Waals surface area contributed by atoms with Crippen LogP contribution in [0.5, 0.6) is 11.5 Å². The summed E-state index contributed by atoms with van der Waals surface area (Å²) in [5.41, 5.74) is 7.54. The maximum Gasteiger partial charge on any atom is 0.133 e. The summed E-state index contributed by atoms with van der Waals surface area (Å²) in [5.74, 6) is 1.39. The molecule has 0 saturated carbocycles. The Morgan fingerprint density at radius 1 is 1.11 bits per heavy atom. The molecule has 2 N–H and O–H groups in total. The van der Waals surface area contributed by atoms with Gasteiger partial charge in [0.15, 0.2) is 0 Å². The summed E-state index contributed by atoms with van der Waals surface area (Å²) in [5, 5.41) is 1.33. The van der Waals surface area contributed by atoms with Gasteiger partial charge in [-0.2, -0.15) is 0 Å². The second-order valence-electron chi connectivity index (χ2n) is 3.97. The SMILES string of the molecule is Cc1cc(Oc2cc(Cl)ccc2CN)ccc1Cl. The lowest BCUT2D eigenvalue weighted by molar-refractivity contribution is 0.476. The lowest BCUT2D eigenvalue weighted by atomic mass is 10.2. The van der Waals surface area contributed by atoms with Crippen LogP contribution in [-0.4, -0.2) is 0 Å². The molecule has 18 heavy (non-hydrogen) atoms. The molecule has 4 heteroatoms. The van der Waals surface area contributed by atoms with Crippen LogP contribution in [0.25, 0.3) is 0 Å². The molecule has 0 aromatic heterocycles. The topological polar surface area (TPSA) is 35.2 Å². The molecular weight excluding hydrogens is 269 g/mol. The van der Waals surface area contributed by atoms with Gasteiger partial charge in [0.1, 0.15) is 11.5 Å². The number of ether oxygens (including phenoxy) is 1. The Balaban J connectivity index is 2.33. The Morgan fingerprint density at radius 2 is 1.89 bits per heavy atom. The molecule has 0 aliphatic heterocycles. The Labute approximate surface area is 116 Å². The van der Waals surface area contributed by atoms with Gasteiger partial charge < -0.3 is 10.5 Å². The highest BCUT2D eigenvalue weighted by molar-refractivity contribution is 6.31. The number of hydrogen-bond acceptors (Lipinski definition) is 2. The number of halogens is 2. The van der Waals surface area contributed by atoms with E-state index in [0.29, 0.717) is 28.1 Å². The third kappa shape index (κ3) is 2.96. The number of aryl methyl sites for hydroxylation is 1. The minimum Gasteiger partial charge on any atom is -0.457 e. The highest BCUT2D eigenvalue weighted by Crippen LogP contribution is 2.30. The van der Waals surface area contributed by atoms with Gasteiger partial charge in [-0.1, -0.05) is 29.3 Å². The van der Waals surface area contributed by atoms with Crippen molar-refractivity contribution in [2.24, 2.45) is 5.73 Å². The molecule has 0 fully saturated rings. The van der Waals surface area contributed by atoms with Gasteiger partial charge in [0, 0.05) is 22.2 Å². The molecule has 0 unspecified atom stereocenters. The fraction of sp³-hybridized carbons (Fsp3) is 0.143. The molecule has 0 atom stereocenters. The third-order valence-corrected chi connectivity index (χ3v) is 3.27. The van der Waals surface area contributed by atoms with E-state index >= 15 is 0 Å². The molecule has 0 saturated heterocycles. The van der Waals surface area contributed by atoms with E-state index in [9.17, 15) is 0 Å². The number of nitrogens with two attached hydrogens (primary N) is 1. The first kappa shape index (κ1) is 13.2. The predicted octanol–water partition coefficient (Wildman–Crippen LogP) is 4.55. The highest BCUT2D eigenvalue weighted by Gasteiger charge is 2.06. The first-order chi connectivity index (χ1) is 8.60. The van der Waals surface area contributed by atoms with Crippen molar-refractivity contribution < 1.29 is 4.74 Å². The standard InChI is InChI=1S/C14H13Cl2NO/c1-9-6-12(4-5-13(9)16)18-14-7-11(15)3-2-10(14)8-17/h2-7H,8,17H2,1H3. The van der Waals surface area contributed by atoms with E-state index in [-0.39, 0.29) is 0 Å². The lowest BCUT2D eigenvalue weighted by Gasteiger charge is -2.11. The van der Waals surface area contributed by atoms with Crippen molar-refractivity contribution in [2.45, 2.75) is 13.5 Å². The van der Waals surface area contributed by atoms with Crippen LogP contribution in [0.2, 0.25) is 10.0 Å². The van der Waals surface area contributed by atoms with Crippen LogP contribution < -0.4 is 10.5 Å². The van der Waals surface area contributed by atoms with E-state index in [1.807, 2.05) is 25.1 Å². The number of benzene rings is 2. The maximum absolute atomic E-state index is 5.97. The zero-order valence-electron chi connectivity index (χ0n) is 9.91. The van der Waals surface area contributed by atoms with Gasteiger partial charge in [-0.15, -0.1) is 0 Å². The van der Waals surface area contributed by atoms with E-state index in [1.165, 1.54) is 0 Å². The van der Waals surface area contributed by atoms with Crippen molar-refractivity contribution in [3.63, 3.8) is 0 Å². The summed E-state index contributed by atoms with van der Waals surface area (Å²) in [6, 6.07) is 10.9. The highest BCUT2D eigenvalue weighted by atomic mass is 35.5. The average Bonchev–Trinajstić information content (AvgIpc) is 2.34. The summed E-state index contributed by atoms with van der Waals surface area (Å²) in [4.78, 5) is 0. The second kappa shape index (κ2) is 5.61. The first-order valence-corrected chi connectivity index (χ1v) is 6.28. The second-order valence-corrected chi connectivity index (χ2v) is 4.81. The summed E-state index contributed by atoms with van der Waals surface area (Å²) in [7, 11) is 0. The molecule has 94 valence electrons. The Bertz CT molecular complexity index is 570. The van der Waals surface area contributed by atoms with Crippen LogP contribution in [-0.2, 0) is 6.54 Å². The minimum absolute atomic E-state index is 0.402. The smallest absolute Gasteiger partial charge is 0.133 e. The molecule has 0 heterocycles. The molecule has 0 bridgehead atoms. The van der Waals surface area contributed by atoms with Crippen molar-refractivity contribution in [3.8, 4) is 11.5 Å². The molecule has 0 aliphatic carbocycles. The largest absolute Gasteiger partial charge is 0.457 e. The quantitative estimate of drug-likeness (QED) is 0.896. The third-order valence-electron chi connectivity index (χ3n) is 2.61. The minimum atomic E-state index is 0.402. The van der Waals surface area contributed by atoms with Gasteiger partial charge in [-0.05, 0) is 42.8 Å².